The molecule has 0 amide bonds. The van der Waals surface area contributed by atoms with E-state index >= 15 is 0 Å². The van der Waals surface area contributed by atoms with E-state index in [2.05, 4.69) is 50.2 Å². The summed E-state index contributed by atoms with van der Waals surface area (Å²) in [5.74, 6) is 0.897. The van der Waals surface area contributed by atoms with E-state index in [1.165, 1.54) is 48.7 Å². The summed E-state index contributed by atoms with van der Waals surface area (Å²) >= 11 is 14.5. The fourth-order valence-electron chi connectivity index (χ4n) is 3.49. The van der Waals surface area contributed by atoms with Crippen LogP contribution in [0.15, 0.2) is 97.3 Å². The molecule has 2 aromatic carbocycles. The van der Waals surface area contributed by atoms with Gasteiger partial charge in [0.25, 0.3) is 0 Å². The highest BCUT2D eigenvalue weighted by atomic mass is 79.9. The molecular formula is C34H41BrCl2N2O4. The second-order valence-electron chi connectivity index (χ2n) is 9.39. The van der Waals surface area contributed by atoms with Gasteiger partial charge in [0.1, 0.15) is 21.8 Å². The van der Waals surface area contributed by atoms with E-state index in [1.807, 2.05) is 42.5 Å². The van der Waals surface area contributed by atoms with E-state index < -0.39 is 0 Å². The zero-order valence-electron chi connectivity index (χ0n) is 24.4. The Hall–Kier alpha value is -2.68. The van der Waals surface area contributed by atoms with Gasteiger partial charge in [0.2, 0.25) is 0 Å². The molecule has 4 rings (SSSR count). The summed E-state index contributed by atoms with van der Waals surface area (Å²) in [5, 5.41) is 10.6. The minimum Gasteiger partial charge on any atom is -0.506 e. The van der Waals surface area contributed by atoms with Gasteiger partial charge in [0, 0.05) is 18.5 Å². The summed E-state index contributed by atoms with van der Waals surface area (Å²) in [6, 6.07) is 27.1. The first kappa shape index (κ1) is 36.5. The number of hydrogen-bond acceptors (Lipinski definition) is 6. The van der Waals surface area contributed by atoms with Crippen molar-refractivity contribution >= 4 is 39.1 Å². The van der Waals surface area contributed by atoms with Crippen molar-refractivity contribution in [3.8, 4) is 11.5 Å². The quantitative estimate of drug-likeness (QED) is 0.0717. The molecule has 0 radical (unpaired) electrons. The molecule has 2 heterocycles. The number of pyridine rings is 2. The van der Waals surface area contributed by atoms with Crippen molar-refractivity contribution in [1.82, 2.24) is 9.97 Å². The van der Waals surface area contributed by atoms with Crippen molar-refractivity contribution < 1.29 is 19.3 Å². The summed E-state index contributed by atoms with van der Waals surface area (Å²) in [7, 11) is 0. The Kier molecular flexibility index (Phi) is 21.0. The molecule has 0 bridgehead atoms. The molecule has 43 heavy (non-hydrogen) atoms. The average Bonchev–Trinajstić information content (AvgIpc) is 3.04. The van der Waals surface area contributed by atoms with Crippen molar-refractivity contribution in [1.29, 1.82) is 0 Å². The van der Waals surface area contributed by atoms with E-state index in [0.717, 1.165) is 50.2 Å². The van der Waals surface area contributed by atoms with Crippen molar-refractivity contribution in [3.63, 3.8) is 0 Å². The first-order chi connectivity index (χ1) is 21.1. The Labute approximate surface area is 274 Å². The molecule has 0 fully saturated rings. The minimum atomic E-state index is 0.134. The Bertz CT molecular complexity index is 1170. The summed E-state index contributed by atoms with van der Waals surface area (Å²) < 4.78 is 16.8. The van der Waals surface area contributed by atoms with Crippen LogP contribution in [0.2, 0.25) is 10.3 Å². The van der Waals surface area contributed by atoms with Crippen LogP contribution in [0.25, 0.3) is 0 Å². The monoisotopic (exact) mass is 690 g/mol. The molecule has 4 aromatic rings. The summed E-state index contributed by atoms with van der Waals surface area (Å²) in [6.07, 6.45) is 9.75. The molecule has 0 spiro atoms. The van der Waals surface area contributed by atoms with E-state index in [4.69, 9.17) is 42.5 Å². The molecule has 6 nitrogen and oxygen atoms in total. The number of halogens is 3. The number of alkyl halides is 1. The maximum atomic E-state index is 8.64. The third-order valence-corrected chi connectivity index (χ3v) is 6.77. The van der Waals surface area contributed by atoms with Gasteiger partial charge in [-0.25, -0.2) is 9.97 Å². The lowest BCUT2D eigenvalue weighted by molar-refractivity contribution is 0.116. The van der Waals surface area contributed by atoms with E-state index in [-0.39, 0.29) is 5.75 Å². The molecule has 2 aromatic heterocycles. The molecule has 0 saturated heterocycles. The Morgan fingerprint density at radius 2 is 1.09 bits per heavy atom. The van der Waals surface area contributed by atoms with E-state index in [0.29, 0.717) is 23.5 Å². The number of benzene rings is 2. The van der Waals surface area contributed by atoms with E-state index in [9.17, 15) is 0 Å². The topological polar surface area (TPSA) is 73.7 Å². The van der Waals surface area contributed by atoms with Crippen molar-refractivity contribution in [2.75, 3.05) is 25.2 Å². The lowest BCUT2D eigenvalue weighted by Crippen LogP contribution is -2.00. The average molecular weight is 693 g/mol. The van der Waals surface area contributed by atoms with Gasteiger partial charge in [-0.3, -0.25) is 0 Å². The number of hydrogen-bond donors (Lipinski definition) is 1. The number of rotatable bonds is 16. The third kappa shape index (κ3) is 20.0. The fraction of sp³-hybridized carbons (Fsp3) is 0.353. The van der Waals surface area contributed by atoms with Crippen molar-refractivity contribution in [2.24, 2.45) is 0 Å². The molecule has 0 saturated carbocycles. The van der Waals surface area contributed by atoms with Gasteiger partial charge < -0.3 is 19.3 Å². The predicted molar refractivity (Wildman–Crippen MR) is 179 cm³/mol. The lowest BCUT2D eigenvalue weighted by Gasteiger charge is -2.06. The van der Waals surface area contributed by atoms with Crippen LogP contribution in [0.4, 0.5) is 0 Å². The van der Waals surface area contributed by atoms with Gasteiger partial charge in [-0.15, -0.1) is 0 Å². The summed E-state index contributed by atoms with van der Waals surface area (Å²) in [6.45, 7) is 3.80. The van der Waals surface area contributed by atoms with Crippen molar-refractivity contribution in [3.05, 3.63) is 119 Å². The van der Waals surface area contributed by atoms with Crippen LogP contribution in [0.3, 0.4) is 0 Å². The van der Waals surface area contributed by atoms with Gasteiger partial charge in [-0.2, -0.15) is 0 Å². The highest BCUT2D eigenvalue weighted by Crippen LogP contribution is 2.13. The van der Waals surface area contributed by atoms with Crippen LogP contribution in [-0.2, 0) is 22.7 Å². The number of nitrogens with zero attached hydrogens (tertiary/aromatic N) is 2. The summed E-state index contributed by atoms with van der Waals surface area (Å²) in [5.41, 5.74) is 2.48. The predicted octanol–water partition coefficient (Wildman–Crippen LogP) is 9.71. The SMILES string of the molecule is BrCCCCCOCc1ccccc1.Clc1ccc(OCCCCCOCc2ccccc2)cn1.Oc1ccc(Cl)nc1. The van der Waals surface area contributed by atoms with Crippen LogP contribution < -0.4 is 4.74 Å². The van der Waals surface area contributed by atoms with Gasteiger partial charge in [-0.1, -0.05) is 106 Å². The van der Waals surface area contributed by atoms with Crippen molar-refractivity contribution in [2.45, 2.75) is 51.7 Å². The Morgan fingerprint density at radius 1 is 0.581 bits per heavy atom. The van der Waals surface area contributed by atoms with Crippen LogP contribution >= 0.6 is 39.1 Å². The molecule has 9 heteroatoms. The fourth-order valence-corrected chi connectivity index (χ4v) is 4.11. The Morgan fingerprint density at radius 3 is 1.56 bits per heavy atom. The Balaban J connectivity index is 0.000000251. The van der Waals surface area contributed by atoms with Gasteiger partial charge >= 0.3 is 0 Å². The smallest absolute Gasteiger partial charge is 0.137 e. The number of aromatic nitrogens is 2. The van der Waals surface area contributed by atoms with Crippen LogP contribution in [-0.4, -0.2) is 40.2 Å². The first-order valence-corrected chi connectivity index (χ1v) is 16.3. The molecule has 0 atom stereocenters. The second-order valence-corrected chi connectivity index (χ2v) is 11.0. The molecule has 232 valence electrons. The molecule has 0 aliphatic carbocycles. The highest BCUT2D eigenvalue weighted by molar-refractivity contribution is 9.09. The van der Waals surface area contributed by atoms with Crippen LogP contribution in [0.1, 0.15) is 49.7 Å². The number of aromatic hydroxyl groups is 1. The normalized spacial score (nSPS) is 10.2. The molecule has 0 aliphatic heterocycles. The van der Waals surface area contributed by atoms with E-state index in [1.54, 1.807) is 12.3 Å². The number of ether oxygens (including phenoxy) is 3. The largest absolute Gasteiger partial charge is 0.506 e. The summed E-state index contributed by atoms with van der Waals surface area (Å²) in [4.78, 5) is 7.56. The zero-order chi connectivity index (χ0) is 30.8. The zero-order valence-corrected chi connectivity index (χ0v) is 27.5. The van der Waals surface area contributed by atoms with Gasteiger partial charge in [0.05, 0.1) is 32.2 Å². The number of unbranched alkanes of at least 4 members (excludes halogenated alkanes) is 4. The standard InChI is InChI=1S/C17H20ClNO2.C12H17BrO.C5H4ClNO/c18-17-10-9-16(13-19-17)21-12-6-2-5-11-20-14-15-7-3-1-4-8-15;13-9-5-2-6-10-14-11-12-7-3-1-4-8-12;6-5-2-1-4(8)3-7-5/h1,3-4,7-10,13H,2,5-6,11-12,14H2;1,3-4,7-8H,2,5-6,9-11H2;1-3,8H. The van der Waals surface area contributed by atoms with Crippen LogP contribution in [0.5, 0.6) is 11.5 Å². The maximum absolute atomic E-state index is 8.64. The maximum Gasteiger partial charge on any atom is 0.137 e. The van der Waals surface area contributed by atoms with Gasteiger partial charge in [-0.05, 0) is 67.5 Å². The first-order valence-electron chi connectivity index (χ1n) is 14.4. The molecular weight excluding hydrogens is 651 g/mol. The molecule has 0 aliphatic rings. The molecule has 0 unspecified atom stereocenters. The molecule has 1 N–H and O–H groups in total. The second kappa shape index (κ2) is 24.7. The highest BCUT2D eigenvalue weighted by Gasteiger charge is 1.97. The third-order valence-electron chi connectivity index (χ3n) is 5.76. The minimum absolute atomic E-state index is 0.134. The van der Waals surface area contributed by atoms with Gasteiger partial charge in [0.15, 0.2) is 0 Å². The van der Waals surface area contributed by atoms with Crippen LogP contribution in [0, 0.1) is 0 Å². The lowest BCUT2D eigenvalue weighted by atomic mass is 10.2.